The molecule has 0 aromatic heterocycles. The first-order chi connectivity index (χ1) is 11.7. The predicted molar refractivity (Wildman–Crippen MR) is 90.7 cm³/mol. The Bertz CT molecular complexity index is 639. The first-order valence-electron chi connectivity index (χ1n) is 8.24. The summed E-state index contributed by atoms with van der Waals surface area (Å²) in [4.78, 5) is 39.3. The van der Waals surface area contributed by atoms with Crippen molar-refractivity contribution in [2.45, 2.75) is 45.9 Å². The van der Waals surface area contributed by atoms with Gasteiger partial charge in [-0.2, -0.15) is 0 Å². The lowest BCUT2D eigenvalue weighted by molar-refractivity contribution is -0.159. The van der Waals surface area contributed by atoms with E-state index < -0.39 is 29.7 Å². The van der Waals surface area contributed by atoms with Crippen molar-refractivity contribution in [3.8, 4) is 0 Å². The fourth-order valence-electron chi connectivity index (χ4n) is 2.52. The average Bonchev–Trinajstić information content (AvgIpc) is 2.89. The van der Waals surface area contributed by atoms with E-state index in [2.05, 4.69) is 0 Å². The number of imide groups is 1. The molecule has 1 unspecified atom stereocenters. The molecule has 0 saturated carbocycles. The van der Waals surface area contributed by atoms with Crippen molar-refractivity contribution >= 4 is 18.1 Å². The van der Waals surface area contributed by atoms with Crippen molar-refractivity contribution in [3.05, 3.63) is 35.9 Å². The van der Waals surface area contributed by atoms with Crippen molar-refractivity contribution < 1.29 is 23.9 Å². The monoisotopic (exact) mass is 348 g/mol. The molecular formula is C18H24N2O5. The Morgan fingerprint density at radius 2 is 1.84 bits per heavy atom. The number of nitrogens with zero attached hydrogens (tertiary/aromatic N) is 2. The zero-order valence-electron chi connectivity index (χ0n) is 15.0. The number of rotatable bonds is 4. The number of amides is 3. The lowest BCUT2D eigenvalue weighted by Crippen LogP contribution is -2.43. The second-order valence-electron chi connectivity index (χ2n) is 6.77. The van der Waals surface area contributed by atoms with E-state index in [9.17, 15) is 14.4 Å². The molecule has 0 N–H and O–H groups in total. The lowest BCUT2D eigenvalue weighted by Gasteiger charge is -2.25. The number of carbonyl (C=O) groups is 3. The van der Waals surface area contributed by atoms with Gasteiger partial charge in [0, 0.05) is 6.54 Å². The van der Waals surface area contributed by atoms with Crippen LogP contribution in [0.5, 0.6) is 0 Å². The molecule has 1 aliphatic rings. The van der Waals surface area contributed by atoms with Crippen LogP contribution in [-0.4, -0.2) is 52.6 Å². The SMILES string of the molecule is CCN1C(=O)N(C(=O)OCc2ccccc2)CC1C(=O)OC(C)(C)C. The maximum absolute atomic E-state index is 12.4. The van der Waals surface area contributed by atoms with Crippen LogP contribution in [0.2, 0.25) is 0 Å². The summed E-state index contributed by atoms with van der Waals surface area (Å²) < 4.78 is 10.5. The molecule has 1 heterocycles. The molecular weight excluding hydrogens is 324 g/mol. The first kappa shape index (κ1) is 18.8. The van der Waals surface area contributed by atoms with Crippen molar-refractivity contribution in [1.29, 1.82) is 0 Å². The van der Waals surface area contributed by atoms with Crippen molar-refractivity contribution in [3.63, 3.8) is 0 Å². The average molecular weight is 348 g/mol. The van der Waals surface area contributed by atoms with Gasteiger partial charge in [-0.05, 0) is 33.3 Å². The van der Waals surface area contributed by atoms with E-state index in [1.807, 2.05) is 30.3 Å². The van der Waals surface area contributed by atoms with Crippen LogP contribution in [0.4, 0.5) is 9.59 Å². The van der Waals surface area contributed by atoms with Gasteiger partial charge in [-0.15, -0.1) is 0 Å². The summed E-state index contributed by atoms with van der Waals surface area (Å²) in [5.41, 5.74) is 0.152. The molecule has 7 nitrogen and oxygen atoms in total. The van der Waals surface area contributed by atoms with E-state index in [1.165, 1.54) is 4.90 Å². The van der Waals surface area contributed by atoms with Crippen LogP contribution in [0, 0.1) is 0 Å². The van der Waals surface area contributed by atoms with E-state index in [4.69, 9.17) is 9.47 Å². The molecule has 1 atom stereocenters. The van der Waals surface area contributed by atoms with Gasteiger partial charge in [0.2, 0.25) is 0 Å². The zero-order valence-corrected chi connectivity index (χ0v) is 15.0. The maximum atomic E-state index is 12.4. The van der Waals surface area contributed by atoms with Crippen LogP contribution in [0.3, 0.4) is 0 Å². The first-order valence-corrected chi connectivity index (χ1v) is 8.24. The minimum absolute atomic E-state index is 0.0622. The topological polar surface area (TPSA) is 76.2 Å². The molecule has 136 valence electrons. The molecule has 25 heavy (non-hydrogen) atoms. The second-order valence-corrected chi connectivity index (χ2v) is 6.77. The Labute approximate surface area is 147 Å². The largest absolute Gasteiger partial charge is 0.458 e. The van der Waals surface area contributed by atoms with Gasteiger partial charge in [-0.1, -0.05) is 30.3 Å². The standard InChI is InChI=1S/C18H24N2O5/c1-5-19-14(15(21)25-18(2,3)4)11-20(16(19)22)17(23)24-12-13-9-7-6-8-10-13/h6-10,14H,5,11-12H2,1-4H3. The highest BCUT2D eigenvalue weighted by Crippen LogP contribution is 2.21. The lowest BCUT2D eigenvalue weighted by atomic mass is 10.2. The van der Waals surface area contributed by atoms with Crippen molar-refractivity contribution in [1.82, 2.24) is 9.80 Å². The molecule has 0 radical (unpaired) electrons. The minimum atomic E-state index is -0.819. The minimum Gasteiger partial charge on any atom is -0.458 e. The Morgan fingerprint density at radius 3 is 2.40 bits per heavy atom. The number of esters is 1. The summed E-state index contributed by atoms with van der Waals surface area (Å²) in [6, 6.07) is 7.81. The van der Waals surface area contributed by atoms with Crippen molar-refractivity contribution in [2.24, 2.45) is 0 Å². The van der Waals surface area contributed by atoms with Gasteiger partial charge in [-0.25, -0.2) is 19.3 Å². The Morgan fingerprint density at radius 1 is 1.20 bits per heavy atom. The number of likely N-dealkylation sites (N-methyl/N-ethyl adjacent to an activating group) is 1. The van der Waals surface area contributed by atoms with E-state index in [0.29, 0.717) is 6.54 Å². The molecule has 1 saturated heterocycles. The van der Waals surface area contributed by atoms with Gasteiger partial charge in [0.1, 0.15) is 18.2 Å². The van der Waals surface area contributed by atoms with Gasteiger partial charge in [0.25, 0.3) is 0 Å². The quantitative estimate of drug-likeness (QED) is 0.782. The number of hydrogen-bond donors (Lipinski definition) is 0. The van der Waals surface area contributed by atoms with Gasteiger partial charge in [0.05, 0.1) is 6.54 Å². The fraction of sp³-hybridized carbons (Fsp3) is 0.500. The van der Waals surface area contributed by atoms with Gasteiger partial charge in [-0.3, -0.25) is 0 Å². The van der Waals surface area contributed by atoms with Crippen LogP contribution >= 0.6 is 0 Å². The molecule has 1 fully saturated rings. The summed E-state index contributed by atoms with van der Waals surface area (Å²) in [7, 11) is 0. The van der Waals surface area contributed by atoms with Crippen LogP contribution < -0.4 is 0 Å². The molecule has 0 aliphatic carbocycles. The smallest absolute Gasteiger partial charge is 0.418 e. The molecule has 0 spiro atoms. The highest BCUT2D eigenvalue weighted by molar-refractivity contribution is 5.97. The Hall–Kier alpha value is -2.57. The number of urea groups is 1. The zero-order chi connectivity index (χ0) is 18.6. The Balaban J connectivity index is 2.02. The predicted octanol–water partition coefficient (Wildman–Crippen LogP) is 2.79. The molecule has 2 rings (SSSR count). The van der Waals surface area contributed by atoms with Gasteiger partial charge < -0.3 is 14.4 Å². The number of hydrogen-bond acceptors (Lipinski definition) is 5. The molecule has 1 aromatic rings. The van der Waals surface area contributed by atoms with E-state index in [-0.39, 0.29) is 13.2 Å². The normalized spacial score (nSPS) is 17.6. The van der Waals surface area contributed by atoms with Crippen LogP contribution in [0.25, 0.3) is 0 Å². The third kappa shape index (κ3) is 4.71. The van der Waals surface area contributed by atoms with Gasteiger partial charge >= 0.3 is 18.1 Å². The highest BCUT2D eigenvalue weighted by Gasteiger charge is 2.45. The Kier molecular flexibility index (Phi) is 5.66. The number of benzene rings is 1. The summed E-state index contributed by atoms with van der Waals surface area (Å²) in [5, 5.41) is 0. The van der Waals surface area contributed by atoms with Crippen LogP contribution in [-0.2, 0) is 20.9 Å². The third-order valence-electron chi connectivity index (χ3n) is 3.65. The van der Waals surface area contributed by atoms with E-state index >= 15 is 0 Å². The van der Waals surface area contributed by atoms with Crippen LogP contribution in [0.15, 0.2) is 30.3 Å². The summed E-state index contributed by atoms with van der Waals surface area (Å²) in [6.45, 7) is 7.29. The molecule has 0 bridgehead atoms. The molecule has 1 aromatic carbocycles. The molecule has 7 heteroatoms. The van der Waals surface area contributed by atoms with Crippen molar-refractivity contribution in [2.75, 3.05) is 13.1 Å². The summed E-state index contributed by atoms with van der Waals surface area (Å²) in [6.07, 6.45) is -0.765. The van der Waals surface area contributed by atoms with Crippen LogP contribution in [0.1, 0.15) is 33.3 Å². The molecule has 1 aliphatic heterocycles. The highest BCUT2D eigenvalue weighted by atomic mass is 16.6. The van der Waals surface area contributed by atoms with E-state index in [1.54, 1.807) is 27.7 Å². The number of ether oxygens (including phenoxy) is 2. The second kappa shape index (κ2) is 7.55. The maximum Gasteiger partial charge on any atom is 0.418 e. The number of carbonyl (C=O) groups excluding carboxylic acids is 3. The van der Waals surface area contributed by atoms with Gasteiger partial charge in [0.15, 0.2) is 0 Å². The fourth-order valence-corrected chi connectivity index (χ4v) is 2.52. The third-order valence-corrected chi connectivity index (χ3v) is 3.65. The molecule has 3 amide bonds. The van der Waals surface area contributed by atoms with E-state index in [0.717, 1.165) is 10.5 Å². The summed E-state index contributed by atoms with van der Waals surface area (Å²) >= 11 is 0. The summed E-state index contributed by atoms with van der Waals surface area (Å²) in [5.74, 6) is -0.527.